The van der Waals surface area contributed by atoms with Crippen LogP contribution in [0.5, 0.6) is 0 Å². The second-order valence-corrected chi connectivity index (χ2v) is 13.0. The van der Waals surface area contributed by atoms with Crippen molar-refractivity contribution >= 4 is 18.2 Å². The summed E-state index contributed by atoms with van der Waals surface area (Å²) in [6, 6.07) is 18.8. The molecule has 0 saturated carbocycles. The summed E-state index contributed by atoms with van der Waals surface area (Å²) in [5, 5.41) is 0.470. The van der Waals surface area contributed by atoms with Gasteiger partial charge in [-0.2, -0.15) is 0 Å². The van der Waals surface area contributed by atoms with Gasteiger partial charge >= 0.3 is 0 Å². The summed E-state index contributed by atoms with van der Waals surface area (Å²) in [6.07, 6.45) is 2.02. The lowest BCUT2D eigenvalue weighted by Gasteiger charge is -2.42. The number of aromatic nitrogens is 1. The van der Waals surface area contributed by atoms with Crippen LogP contribution < -0.4 is 0 Å². The molecule has 0 fully saturated rings. The van der Waals surface area contributed by atoms with Gasteiger partial charge in [0.15, 0.2) is 7.29 Å². The third kappa shape index (κ3) is 2.77. The molecule has 0 N–H and O–H groups in total. The van der Waals surface area contributed by atoms with Gasteiger partial charge in [-0.05, 0) is 11.6 Å². The Kier molecular flexibility index (Phi) is 4.24. The fourth-order valence-corrected chi connectivity index (χ4v) is 7.98. The van der Waals surface area contributed by atoms with Crippen molar-refractivity contribution in [3.05, 3.63) is 60.8 Å². The minimum Gasteiger partial charge on any atom is -0.299 e. The first-order valence-corrected chi connectivity index (χ1v) is 10.5. The molecular weight excluding hydrogens is 325 g/mol. The summed E-state index contributed by atoms with van der Waals surface area (Å²) in [5.74, 6) is 0. The molecular formula is C22H28NOP. The van der Waals surface area contributed by atoms with Crippen LogP contribution in [0.1, 0.15) is 41.5 Å². The zero-order chi connectivity index (χ0) is 18.5. The highest BCUT2D eigenvalue weighted by atomic mass is 31.2. The Balaban J connectivity index is 2.41. The van der Waals surface area contributed by atoms with Crippen molar-refractivity contribution in [2.24, 2.45) is 0 Å². The van der Waals surface area contributed by atoms with Crippen molar-refractivity contribution in [3.63, 3.8) is 0 Å². The minimum atomic E-state index is -2.77. The maximum absolute atomic E-state index is 14.5. The summed E-state index contributed by atoms with van der Waals surface area (Å²) in [4.78, 5) is 0. The Morgan fingerprint density at radius 1 is 0.760 bits per heavy atom. The molecule has 3 heteroatoms. The van der Waals surface area contributed by atoms with Crippen LogP contribution in [0.15, 0.2) is 60.8 Å². The lowest BCUT2D eigenvalue weighted by atomic mass is 10.0. The molecule has 3 aromatic rings. The van der Waals surface area contributed by atoms with E-state index in [2.05, 4.69) is 94.4 Å². The van der Waals surface area contributed by atoms with Gasteiger partial charge in [-0.1, -0.05) is 90.1 Å². The van der Waals surface area contributed by atoms with Crippen molar-refractivity contribution < 1.29 is 4.57 Å². The van der Waals surface area contributed by atoms with E-state index in [9.17, 15) is 4.57 Å². The summed E-state index contributed by atoms with van der Waals surface area (Å²) in [6.45, 7) is 12.6. The van der Waals surface area contributed by atoms with Crippen molar-refractivity contribution in [1.82, 2.24) is 4.34 Å². The van der Waals surface area contributed by atoms with E-state index in [4.69, 9.17) is 0 Å². The molecule has 0 radical (unpaired) electrons. The molecule has 3 rings (SSSR count). The molecule has 0 unspecified atom stereocenters. The predicted octanol–water partition coefficient (Wildman–Crippen LogP) is 7.03. The number of benzene rings is 2. The molecule has 1 heterocycles. The SMILES string of the molecule is CC(C)(C)P(=O)(n1ccc2cccc(-c3ccccc3)c21)C(C)(C)C. The van der Waals surface area contributed by atoms with Crippen LogP contribution >= 0.6 is 7.29 Å². The third-order valence-electron chi connectivity index (χ3n) is 4.90. The highest BCUT2D eigenvalue weighted by molar-refractivity contribution is 7.65. The number of rotatable bonds is 2. The lowest BCUT2D eigenvalue weighted by Crippen LogP contribution is -2.32. The van der Waals surface area contributed by atoms with Gasteiger partial charge in [0.1, 0.15) is 0 Å². The number of fused-ring (bicyclic) bond motifs is 1. The molecule has 0 amide bonds. The van der Waals surface area contributed by atoms with Crippen molar-refractivity contribution in [1.29, 1.82) is 0 Å². The van der Waals surface area contributed by atoms with E-state index in [1.807, 2.05) is 12.3 Å². The second kappa shape index (κ2) is 5.88. The quantitative estimate of drug-likeness (QED) is 0.453. The minimum absolute atomic E-state index is 0.332. The van der Waals surface area contributed by atoms with Crippen LogP contribution in [0.4, 0.5) is 0 Å². The van der Waals surface area contributed by atoms with E-state index < -0.39 is 7.29 Å². The van der Waals surface area contributed by atoms with Gasteiger partial charge in [-0.25, -0.2) is 0 Å². The Morgan fingerprint density at radius 3 is 1.92 bits per heavy atom. The smallest absolute Gasteiger partial charge is 0.186 e. The van der Waals surface area contributed by atoms with Gasteiger partial charge in [0.25, 0.3) is 0 Å². The molecule has 1 aromatic heterocycles. The van der Waals surface area contributed by atoms with E-state index in [1.165, 1.54) is 0 Å². The van der Waals surface area contributed by atoms with E-state index in [0.717, 1.165) is 22.0 Å². The molecule has 0 aliphatic heterocycles. The van der Waals surface area contributed by atoms with E-state index in [0.29, 0.717) is 0 Å². The van der Waals surface area contributed by atoms with Gasteiger partial charge in [0.05, 0.1) is 5.52 Å². The first-order chi connectivity index (χ1) is 11.6. The zero-order valence-electron chi connectivity index (χ0n) is 16.1. The van der Waals surface area contributed by atoms with Crippen LogP contribution in [-0.2, 0) is 4.57 Å². The first-order valence-electron chi connectivity index (χ1n) is 8.84. The van der Waals surface area contributed by atoms with Gasteiger partial charge in [-0.15, -0.1) is 0 Å². The fraction of sp³-hybridized carbons (Fsp3) is 0.364. The van der Waals surface area contributed by atoms with E-state index >= 15 is 0 Å². The number of hydrogen-bond donors (Lipinski definition) is 0. The van der Waals surface area contributed by atoms with Crippen LogP contribution in [0.25, 0.3) is 22.0 Å². The molecule has 0 spiro atoms. The van der Waals surface area contributed by atoms with Gasteiger partial charge in [-0.3, -0.25) is 8.90 Å². The maximum Gasteiger partial charge on any atom is 0.186 e. The molecule has 0 saturated heterocycles. The van der Waals surface area contributed by atoms with E-state index in [1.54, 1.807) is 0 Å². The third-order valence-corrected chi connectivity index (χ3v) is 9.48. The Hall–Kier alpha value is -1.79. The van der Waals surface area contributed by atoms with E-state index in [-0.39, 0.29) is 10.3 Å². The Labute approximate surface area is 151 Å². The first kappa shape index (κ1) is 18.0. The molecule has 132 valence electrons. The molecule has 2 aromatic carbocycles. The maximum atomic E-state index is 14.5. The van der Waals surface area contributed by atoms with Gasteiger partial charge in [0, 0.05) is 27.5 Å². The molecule has 0 aliphatic carbocycles. The summed E-state index contributed by atoms with van der Waals surface area (Å²) < 4.78 is 16.6. The molecule has 0 bridgehead atoms. The average molecular weight is 353 g/mol. The lowest BCUT2D eigenvalue weighted by molar-refractivity contribution is 0.510. The summed E-state index contributed by atoms with van der Waals surface area (Å²) in [5.41, 5.74) is 3.36. The van der Waals surface area contributed by atoms with Crippen LogP contribution in [-0.4, -0.2) is 14.6 Å². The summed E-state index contributed by atoms with van der Waals surface area (Å²) >= 11 is 0. The number of hydrogen-bond acceptors (Lipinski definition) is 1. The van der Waals surface area contributed by atoms with Crippen molar-refractivity contribution in [3.8, 4) is 11.1 Å². The number of nitrogens with zero attached hydrogens (tertiary/aromatic N) is 1. The van der Waals surface area contributed by atoms with Gasteiger partial charge < -0.3 is 0 Å². The van der Waals surface area contributed by atoms with Crippen LogP contribution in [0, 0.1) is 0 Å². The average Bonchev–Trinajstić information content (AvgIpc) is 2.97. The molecule has 0 aliphatic rings. The van der Waals surface area contributed by atoms with Crippen LogP contribution in [0.2, 0.25) is 0 Å². The largest absolute Gasteiger partial charge is 0.299 e. The predicted molar refractivity (Wildman–Crippen MR) is 110 cm³/mol. The second-order valence-electron chi connectivity index (χ2n) is 8.69. The fourth-order valence-electron chi connectivity index (χ4n) is 3.91. The van der Waals surface area contributed by atoms with Crippen LogP contribution in [0.3, 0.4) is 0 Å². The Bertz CT molecular complexity index is 922. The topological polar surface area (TPSA) is 22.0 Å². The molecule has 2 nitrogen and oxygen atoms in total. The summed E-state index contributed by atoms with van der Waals surface area (Å²) in [7, 11) is -2.77. The normalized spacial score (nSPS) is 13.4. The van der Waals surface area contributed by atoms with Gasteiger partial charge in [0.2, 0.25) is 0 Å². The zero-order valence-corrected chi connectivity index (χ0v) is 17.0. The standard InChI is InChI=1S/C22H28NOP/c1-21(2,3)25(24,22(4,5)6)23-16-15-18-13-10-14-19(20(18)23)17-11-8-7-9-12-17/h7-16H,1-6H3. The highest BCUT2D eigenvalue weighted by Gasteiger charge is 2.48. The van der Waals surface area contributed by atoms with Crippen molar-refractivity contribution in [2.45, 2.75) is 51.9 Å². The molecule has 25 heavy (non-hydrogen) atoms. The highest BCUT2D eigenvalue weighted by Crippen LogP contribution is 2.68. The monoisotopic (exact) mass is 353 g/mol. The van der Waals surface area contributed by atoms with Crippen molar-refractivity contribution in [2.75, 3.05) is 0 Å². The molecule has 0 atom stereocenters. The Morgan fingerprint density at radius 2 is 1.36 bits per heavy atom. The number of para-hydroxylation sites is 1.